The Morgan fingerprint density at radius 1 is 1.26 bits per heavy atom. The SMILES string of the molecule is CC(C)N(CC(=O)O)C(=O)CCN1C(=O)CCC1=O. The molecular formula is C12H18N2O5. The van der Waals surface area contributed by atoms with Gasteiger partial charge in [0.2, 0.25) is 17.7 Å². The van der Waals surface area contributed by atoms with Crippen molar-refractivity contribution in [2.75, 3.05) is 13.1 Å². The average molecular weight is 270 g/mol. The highest BCUT2D eigenvalue weighted by atomic mass is 16.4. The van der Waals surface area contributed by atoms with Gasteiger partial charge in [0, 0.05) is 31.8 Å². The summed E-state index contributed by atoms with van der Waals surface area (Å²) in [6.07, 6.45) is 0.342. The van der Waals surface area contributed by atoms with Gasteiger partial charge in [-0.1, -0.05) is 0 Å². The fraction of sp³-hybridized carbons (Fsp3) is 0.667. The number of hydrogen-bond acceptors (Lipinski definition) is 4. The van der Waals surface area contributed by atoms with Crippen LogP contribution in [0.3, 0.4) is 0 Å². The third-order valence-electron chi connectivity index (χ3n) is 2.95. The standard InChI is InChI=1S/C12H18N2O5/c1-8(2)14(7-12(18)19)11(17)5-6-13-9(15)3-4-10(13)16/h8H,3-7H2,1-2H3,(H,18,19). The molecule has 0 atom stereocenters. The van der Waals surface area contributed by atoms with E-state index in [9.17, 15) is 19.2 Å². The molecule has 1 aliphatic rings. The van der Waals surface area contributed by atoms with Crippen LogP contribution in [0.2, 0.25) is 0 Å². The highest BCUT2D eigenvalue weighted by Crippen LogP contribution is 2.12. The van der Waals surface area contributed by atoms with Gasteiger partial charge in [-0.2, -0.15) is 0 Å². The number of imide groups is 1. The van der Waals surface area contributed by atoms with Crippen LogP contribution in [-0.4, -0.2) is 57.7 Å². The number of carboxylic acids is 1. The minimum absolute atomic E-state index is 0.0271. The molecule has 0 aromatic heterocycles. The lowest BCUT2D eigenvalue weighted by atomic mass is 10.2. The molecule has 1 rings (SSSR count). The number of carboxylic acid groups (broad SMARTS) is 1. The molecule has 0 spiro atoms. The number of hydrogen-bond donors (Lipinski definition) is 1. The second-order valence-electron chi connectivity index (χ2n) is 4.70. The second kappa shape index (κ2) is 6.31. The molecular weight excluding hydrogens is 252 g/mol. The summed E-state index contributed by atoms with van der Waals surface area (Å²) in [5.74, 6) is -2.00. The number of amides is 3. The van der Waals surface area contributed by atoms with Crippen LogP contribution in [0, 0.1) is 0 Å². The zero-order valence-electron chi connectivity index (χ0n) is 11.1. The van der Waals surface area contributed by atoms with E-state index in [1.807, 2.05) is 0 Å². The lowest BCUT2D eigenvalue weighted by Gasteiger charge is -2.25. The molecule has 0 aliphatic carbocycles. The number of carbonyl (C=O) groups excluding carboxylic acids is 3. The lowest BCUT2D eigenvalue weighted by molar-refractivity contribution is -0.147. The van der Waals surface area contributed by atoms with Crippen molar-refractivity contribution in [3.05, 3.63) is 0 Å². The molecule has 1 aliphatic heterocycles. The summed E-state index contributed by atoms with van der Waals surface area (Å²) in [6.45, 7) is 3.08. The Bertz CT molecular complexity index is 389. The van der Waals surface area contributed by atoms with E-state index < -0.39 is 5.97 Å². The highest BCUT2D eigenvalue weighted by Gasteiger charge is 2.30. The first-order valence-electron chi connectivity index (χ1n) is 6.17. The van der Waals surface area contributed by atoms with Crippen molar-refractivity contribution in [2.45, 2.75) is 39.2 Å². The minimum atomic E-state index is -1.09. The maximum absolute atomic E-state index is 11.9. The van der Waals surface area contributed by atoms with Gasteiger partial charge in [-0.05, 0) is 13.8 Å². The number of likely N-dealkylation sites (tertiary alicyclic amines) is 1. The van der Waals surface area contributed by atoms with Gasteiger partial charge in [-0.25, -0.2) is 0 Å². The lowest BCUT2D eigenvalue weighted by Crippen LogP contribution is -2.42. The van der Waals surface area contributed by atoms with Crippen molar-refractivity contribution >= 4 is 23.7 Å². The Morgan fingerprint density at radius 2 is 1.79 bits per heavy atom. The van der Waals surface area contributed by atoms with Crippen LogP contribution in [0.1, 0.15) is 33.1 Å². The van der Waals surface area contributed by atoms with Gasteiger partial charge >= 0.3 is 5.97 Å². The zero-order chi connectivity index (χ0) is 14.6. The maximum Gasteiger partial charge on any atom is 0.323 e. The molecule has 0 unspecified atom stereocenters. The van der Waals surface area contributed by atoms with E-state index in [0.29, 0.717) is 0 Å². The quantitative estimate of drug-likeness (QED) is 0.677. The minimum Gasteiger partial charge on any atom is -0.480 e. The smallest absolute Gasteiger partial charge is 0.323 e. The van der Waals surface area contributed by atoms with E-state index in [-0.39, 0.29) is 56.1 Å². The molecule has 7 nitrogen and oxygen atoms in total. The summed E-state index contributed by atoms with van der Waals surface area (Å²) >= 11 is 0. The maximum atomic E-state index is 11.9. The van der Waals surface area contributed by atoms with Gasteiger partial charge in [0.25, 0.3) is 0 Å². The molecule has 0 aromatic carbocycles. The molecule has 3 amide bonds. The van der Waals surface area contributed by atoms with Gasteiger partial charge in [0.1, 0.15) is 6.54 Å². The molecule has 7 heteroatoms. The zero-order valence-corrected chi connectivity index (χ0v) is 11.1. The first kappa shape index (κ1) is 15.1. The van der Waals surface area contributed by atoms with Crippen molar-refractivity contribution in [1.29, 1.82) is 0 Å². The number of rotatable bonds is 6. The largest absolute Gasteiger partial charge is 0.480 e. The van der Waals surface area contributed by atoms with Crippen molar-refractivity contribution in [3.8, 4) is 0 Å². The van der Waals surface area contributed by atoms with Crippen molar-refractivity contribution < 1.29 is 24.3 Å². The second-order valence-corrected chi connectivity index (χ2v) is 4.70. The Labute approximate surface area is 111 Å². The highest BCUT2D eigenvalue weighted by molar-refractivity contribution is 6.02. The topological polar surface area (TPSA) is 95.0 Å². The summed E-state index contributed by atoms with van der Waals surface area (Å²) in [4.78, 5) is 47.6. The van der Waals surface area contributed by atoms with E-state index in [4.69, 9.17) is 5.11 Å². The normalized spacial score (nSPS) is 15.2. The first-order chi connectivity index (χ1) is 8.82. The van der Waals surface area contributed by atoms with Crippen LogP contribution in [0.4, 0.5) is 0 Å². The van der Waals surface area contributed by atoms with E-state index in [1.165, 1.54) is 4.90 Å². The predicted octanol–water partition coefficient (Wildman–Crippen LogP) is -0.153. The van der Waals surface area contributed by atoms with Crippen LogP contribution >= 0.6 is 0 Å². The summed E-state index contributed by atoms with van der Waals surface area (Å²) in [6, 6.07) is -0.242. The van der Waals surface area contributed by atoms with Gasteiger partial charge in [-0.15, -0.1) is 0 Å². The fourth-order valence-corrected chi connectivity index (χ4v) is 1.93. The van der Waals surface area contributed by atoms with Gasteiger partial charge in [0.05, 0.1) is 0 Å². The van der Waals surface area contributed by atoms with Crippen LogP contribution in [0.15, 0.2) is 0 Å². The summed E-state index contributed by atoms with van der Waals surface area (Å²) in [5.41, 5.74) is 0. The van der Waals surface area contributed by atoms with Crippen LogP contribution in [-0.2, 0) is 19.2 Å². The fourth-order valence-electron chi connectivity index (χ4n) is 1.93. The molecule has 1 saturated heterocycles. The Kier molecular flexibility index (Phi) is 5.02. The van der Waals surface area contributed by atoms with Gasteiger partial charge in [0.15, 0.2) is 0 Å². The molecule has 106 valence electrons. The molecule has 0 bridgehead atoms. The number of aliphatic carboxylic acids is 1. The van der Waals surface area contributed by atoms with Crippen LogP contribution in [0.25, 0.3) is 0 Å². The monoisotopic (exact) mass is 270 g/mol. The van der Waals surface area contributed by atoms with Gasteiger partial charge < -0.3 is 10.0 Å². The molecule has 19 heavy (non-hydrogen) atoms. The van der Waals surface area contributed by atoms with E-state index in [0.717, 1.165) is 4.90 Å². The summed E-state index contributed by atoms with van der Waals surface area (Å²) in [7, 11) is 0. The van der Waals surface area contributed by atoms with Crippen molar-refractivity contribution in [2.24, 2.45) is 0 Å². The third-order valence-corrected chi connectivity index (χ3v) is 2.95. The average Bonchev–Trinajstić information content (AvgIpc) is 2.62. The van der Waals surface area contributed by atoms with Crippen LogP contribution in [0.5, 0.6) is 0 Å². The van der Waals surface area contributed by atoms with Crippen molar-refractivity contribution in [1.82, 2.24) is 9.80 Å². The van der Waals surface area contributed by atoms with Gasteiger partial charge in [-0.3, -0.25) is 24.1 Å². The molecule has 1 heterocycles. The summed E-state index contributed by atoms with van der Waals surface area (Å²) < 4.78 is 0. The number of nitrogens with zero attached hydrogens (tertiary/aromatic N) is 2. The first-order valence-corrected chi connectivity index (χ1v) is 6.17. The van der Waals surface area contributed by atoms with Crippen LogP contribution < -0.4 is 0 Å². The predicted molar refractivity (Wildman–Crippen MR) is 65.1 cm³/mol. The Balaban J connectivity index is 2.55. The Morgan fingerprint density at radius 3 is 2.21 bits per heavy atom. The van der Waals surface area contributed by atoms with E-state index >= 15 is 0 Å². The molecule has 1 fully saturated rings. The summed E-state index contributed by atoms with van der Waals surface area (Å²) in [5, 5.41) is 8.73. The molecule has 0 radical (unpaired) electrons. The molecule has 0 aromatic rings. The number of carbonyl (C=O) groups is 4. The third kappa shape index (κ3) is 4.04. The van der Waals surface area contributed by atoms with E-state index in [1.54, 1.807) is 13.8 Å². The Hall–Kier alpha value is -1.92. The van der Waals surface area contributed by atoms with Crippen molar-refractivity contribution in [3.63, 3.8) is 0 Å². The van der Waals surface area contributed by atoms with E-state index in [2.05, 4.69) is 0 Å². The molecule has 0 saturated carbocycles. The molecule has 1 N–H and O–H groups in total.